The molecule has 0 radical (unpaired) electrons. The molecule has 0 fully saturated rings. The van der Waals surface area contributed by atoms with Crippen LogP contribution in [0.2, 0.25) is 0 Å². The molecule has 2 aromatic rings. The van der Waals surface area contributed by atoms with E-state index in [2.05, 4.69) is 30.6 Å². The van der Waals surface area contributed by atoms with Crippen molar-refractivity contribution in [1.82, 2.24) is 9.36 Å². The summed E-state index contributed by atoms with van der Waals surface area (Å²) in [5.74, 6) is 0.558. The van der Waals surface area contributed by atoms with Gasteiger partial charge >= 0.3 is 0 Å². The number of rotatable bonds is 3. The zero-order valence-corrected chi connectivity index (χ0v) is 12.4. The highest BCUT2D eigenvalue weighted by Crippen LogP contribution is 2.31. The number of hydrogen-bond acceptors (Lipinski definition) is 5. The summed E-state index contributed by atoms with van der Waals surface area (Å²) in [4.78, 5) is 16.8. The van der Waals surface area contributed by atoms with Crippen LogP contribution < -0.4 is 5.32 Å². The number of hydrogen-bond donors (Lipinski definition) is 1. The molecule has 0 aliphatic rings. The Labute approximate surface area is 115 Å². The second-order valence-electron chi connectivity index (χ2n) is 3.67. The van der Waals surface area contributed by atoms with E-state index >= 15 is 0 Å². The van der Waals surface area contributed by atoms with Gasteiger partial charge in [-0.25, -0.2) is 0 Å². The summed E-state index contributed by atoms with van der Waals surface area (Å²) in [5, 5.41) is 3.28. The molecular formula is C10H10BrN3OS2. The first-order chi connectivity index (χ1) is 8.06. The van der Waals surface area contributed by atoms with Crippen molar-refractivity contribution in [3.8, 4) is 10.7 Å². The fraction of sp³-hybridized carbons (Fsp3) is 0.300. The van der Waals surface area contributed by atoms with Gasteiger partial charge in [0.1, 0.15) is 0 Å². The predicted octanol–water partition coefficient (Wildman–Crippen LogP) is 3.62. The number of anilines is 1. The molecule has 0 aromatic carbocycles. The van der Waals surface area contributed by atoms with E-state index < -0.39 is 0 Å². The molecule has 0 aliphatic heterocycles. The van der Waals surface area contributed by atoms with Crippen LogP contribution >= 0.6 is 38.8 Å². The number of halogens is 1. The number of carbonyl (C=O) groups excluding carboxylic acids is 1. The smallest absolute Gasteiger partial charge is 0.228 e. The lowest BCUT2D eigenvalue weighted by Crippen LogP contribution is -2.17. The van der Waals surface area contributed by atoms with Gasteiger partial charge in [0.05, 0.1) is 8.66 Å². The summed E-state index contributed by atoms with van der Waals surface area (Å²) in [6.07, 6.45) is 0. The summed E-state index contributed by atoms with van der Waals surface area (Å²) in [6.45, 7) is 3.68. The summed E-state index contributed by atoms with van der Waals surface area (Å²) in [7, 11) is 0. The largest absolute Gasteiger partial charge is 0.300 e. The molecule has 1 amide bonds. The first-order valence-corrected chi connectivity index (χ1v) is 7.35. The Morgan fingerprint density at radius 2 is 2.24 bits per heavy atom. The lowest BCUT2D eigenvalue weighted by Gasteiger charge is -2.02. The molecule has 90 valence electrons. The van der Waals surface area contributed by atoms with E-state index in [1.54, 1.807) is 11.3 Å². The van der Waals surface area contributed by atoms with Gasteiger partial charge in [-0.3, -0.25) is 4.79 Å². The first-order valence-electron chi connectivity index (χ1n) is 4.96. The quantitative estimate of drug-likeness (QED) is 0.934. The highest BCUT2D eigenvalue weighted by Gasteiger charge is 2.12. The number of amides is 1. The number of thiophene rings is 1. The minimum Gasteiger partial charge on any atom is -0.300 e. The molecule has 0 spiro atoms. The van der Waals surface area contributed by atoms with Crippen molar-refractivity contribution >= 4 is 49.8 Å². The summed E-state index contributed by atoms with van der Waals surface area (Å²) in [5.41, 5.74) is 0. The van der Waals surface area contributed by atoms with Crippen molar-refractivity contribution in [1.29, 1.82) is 0 Å². The fourth-order valence-corrected chi connectivity index (χ4v) is 3.02. The lowest BCUT2D eigenvalue weighted by molar-refractivity contribution is -0.118. The molecule has 2 heterocycles. The van der Waals surface area contributed by atoms with E-state index in [0.717, 1.165) is 8.66 Å². The molecule has 0 saturated carbocycles. The van der Waals surface area contributed by atoms with Crippen LogP contribution in [0.3, 0.4) is 0 Å². The van der Waals surface area contributed by atoms with Gasteiger partial charge in [0, 0.05) is 17.5 Å². The number of nitrogens with one attached hydrogen (secondary N) is 1. The van der Waals surface area contributed by atoms with Crippen LogP contribution in [-0.4, -0.2) is 15.3 Å². The van der Waals surface area contributed by atoms with E-state index in [4.69, 9.17) is 0 Å². The van der Waals surface area contributed by atoms with Crippen LogP contribution in [0.1, 0.15) is 13.8 Å². The minimum absolute atomic E-state index is 0.0416. The monoisotopic (exact) mass is 331 g/mol. The third-order valence-corrected chi connectivity index (χ3v) is 4.22. The zero-order valence-electron chi connectivity index (χ0n) is 9.23. The molecule has 0 bridgehead atoms. The third-order valence-electron chi connectivity index (χ3n) is 1.97. The molecule has 17 heavy (non-hydrogen) atoms. The Morgan fingerprint density at radius 1 is 1.47 bits per heavy atom. The second-order valence-corrected chi connectivity index (χ2v) is 6.89. The third kappa shape index (κ3) is 3.11. The maximum atomic E-state index is 11.5. The number of carbonyl (C=O) groups is 1. The zero-order chi connectivity index (χ0) is 12.4. The maximum Gasteiger partial charge on any atom is 0.228 e. The Kier molecular flexibility index (Phi) is 3.90. The van der Waals surface area contributed by atoms with Gasteiger partial charge in [-0.05, 0) is 28.1 Å². The Bertz CT molecular complexity index is 535. The van der Waals surface area contributed by atoms with Crippen molar-refractivity contribution in [2.45, 2.75) is 13.8 Å². The lowest BCUT2D eigenvalue weighted by atomic mass is 10.2. The van der Waals surface area contributed by atoms with E-state index in [9.17, 15) is 4.79 Å². The van der Waals surface area contributed by atoms with Crippen molar-refractivity contribution in [3.05, 3.63) is 15.9 Å². The topological polar surface area (TPSA) is 54.9 Å². The van der Waals surface area contributed by atoms with Crippen molar-refractivity contribution in [2.24, 2.45) is 5.92 Å². The maximum absolute atomic E-state index is 11.5. The van der Waals surface area contributed by atoms with Crippen LogP contribution in [0.25, 0.3) is 10.7 Å². The van der Waals surface area contributed by atoms with Gasteiger partial charge < -0.3 is 5.32 Å². The highest BCUT2D eigenvalue weighted by atomic mass is 79.9. The summed E-state index contributed by atoms with van der Waals surface area (Å²) < 4.78 is 5.25. The van der Waals surface area contributed by atoms with Gasteiger partial charge in [-0.15, -0.1) is 11.3 Å². The number of nitrogens with zero attached hydrogens (tertiary/aromatic N) is 2. The average Bonchev–Trinajstić information content (AvgIpc) is 2.86. The minimum atomic E-state index is -0.0572. The molecule has 0 atom stereocenters. The molecule has 0 aliphatic carbocycles. The highest BCUT2D eigenvalue weighted by molar-refractivity contribution is 9.11. The van der Waals surface area contributed by atoms with Gasteiger partial charge in [0.15, 0.2) is 5.82 Å². The van der Waals surface area contributed by atoms with Gasteiger partial charge in [0.2, 0.25) is 11.0 Å². The molecule has 4 nitrogen and oxygen atoms in total. The molecule has 0 saturated heterocycles. The molecule has 1 N–H and O–H groups in total. The standard InChI is InChI=1S/C10H10BrN3OS2/c1-5(2)9(15)13-10-12-8(14-17-10)6-3-4-7(11)16-6/h3-5H,1-2H3,(H,12,13,14,15). The van der Waals surface area contributed by atoms with E-state index in [0.29, 0.717) is 11.0 Å². The van der Waals surface area contributed by atoms with Crippen LogP contribution in [0, 0.1) is 5.92 Å². The molecular weight excluding hydrogens is 322 g/mol. The molecule has 0 unspecified atom stereocenters. The summed E-state index contributed by atoms with van der Waals surface area (Å²) >= 11 is 6.15. The first kappa shape index (κ1) is 12.7. The van der Waals surface area contributed by atoms with E-state index in [-0.39, 0.29) is 11.8 Å². The van der Waals surface area contributed by atoms with Crippen molar-refractivity contribution < 1.29 is 4.79 Å². The van der Waals surface area contributed by atoms with Gasteiger partial charge in [-0.1, -0.05) is 13.8 Å². The molecule has 7 heteroatoms. The predicted molar refractivity (Wildman–Crippen MR) is 74.4 cm³/mol. The average molecular weight is 332 g/mol. The Morgan fingerprint density at radius 3 is 2.82 bits per heavy atom. The SMILES string of the molecule is CC(C)C(=O)Nc1nc(-c2ccc(Br)s2)ns1. The van der Waals surface area contributed by atoms with Gasteiger partial charge in [-0.2, -0.15) is 9.36 Å². The normalized spacial score (nSPS) is 10.8. The Hall–Kier alpha value is -0.790. The number of aromatic nitrogens is 2. The van der Waals surface area contributed by atoms with Crippen LogP contribution in [0.5, 0.6) is 0 Å². The van der Waals surface area contributed by atoms with Crippen molar-refractivity contribution in [3.63, 3.8) is 0 Å². The van der Waals surface area contributed by atoms with Gasteiger partial charge in [0.25, 0.3) is 0 Å². The van der Waals surface area contributed by atoms with E-state index in [1.165, 1.54) is 11.5 Å². The van der Waals surface area contributed by atoms with Crippen LogP contribution in [0.4, 0.5) is 5.13 Å². The van der Waals surface area contributed by atoms with Crippen molar-refractivity contribution in [2.75, 3.05) is 5.32 Å². The summed E-state index contributed by atoms with van der Waals surface area (Å²) in [6, 6.07) is 3.90. The molecule has 2 aromatic heterocycles. The second kappa shape index (κ2) is 5.24. The fourth-order valence-electron chi connectivity index (χ4n) is 1.06. The Balaban J connectivity index is 2.14. The molecule has 2 rings (SSSR count). The van der Waals surface area contributed by atoms with Crippen LogP contribution in [0.15, 0.2) is 15.9 Å². The van der Waals surface area contributed by atoms with E-state index in [1.807, 2.05) is 26.0 Å². The van der Waals surface area contributed by atoms with Crippen LogP contribution in [-0.2, 0) is 4.79 Å².